The van der Waals surface area contributed by atoms with Crippen LogP contribution in [0.3, 0.4) is 0 Å². The molecule has 1 aliphatic carbocycles. The second-order valence-electron chi connectivity index (χ2n) is 4.12. The van der Waals surface area contributed by atoms with Crippen molar-refractivity contribution in [1.82, 2.24) is 4.90 Å². The van der Waals surface area contributed by atoms with Crippen molar-refractivity contribution in [3.05, 3.63) is 35.9 Å². The Kier molecular flexibility index (Phi) is 1.32. The van der Waals surface area contributed by atoms with Gasteiger partial charge in [0.1, 0.15) is 0 Å². The molecule has 0 spiro atoms. The Labute approximate surface area is 126 Å². The number of carbonyl (C=O) groups is 1. The van der Waals surface area contributed by atoms with Crippen LogP contribution in [0.1, 0.15) is 42.1 Å². The maximum absolute atomic E-state index is 13.6. The van der Waals surface area contributed by atoms with E-state index in [0.29, 0.717) is 0 Å². The van der Waals surface area contributed by atoms with E-state index in [1.54, 1.807) is 6.07 Å². The third kappa shape index (κ3) is 1.93. The standard InChI is InChI=1S/C15H22N2O/c1-3-17(4-2)14(18)15(10-13(15)11-16)12-8-6-5-7-9-12/h5-9,13H,3-4,10-11,16H2,1-2H3/t13-,15+/m0/s1/i1D3,2D3,3D2,4D2,11D2. The van der Waals surface area contributed by atoms with Gasteiger partial charge in [0.25, 0.3) is 0 Å². The molecule has 98 valence electrons. The second kappa shape index (κ2) is 5.11. The van der Waals surface area contributed by atoms with Crippen LogP contribution in [0.5, 0.6) is 0 Å². The first-order chi connectivity index (χ1) is 13.2. The van der Waals surface area contributed by atoms with Gasteiger partial charge in [0.05, 0.1) is 5.41 Å². The van der Waals surface area contributed by atoms with Gasteiger partial charge < -0.3 is 10.6 Å². The van der Waals surface area contributed by atoms with E-state index in [0.717, 1.165) is 0 Å². The highest BCUT2D eigenvalue weighted by Gasteiger charge is 2.61. The summed E-state index contributed by atoms with van der Waals surface area (Å²) < 4.78 is 92.3. The van der Waals surface area contributed by atoms with E-state index in [1.165, 1.54) is 24.3 Å². The van der Waals surface area contributed by atoms with Gasteiger partial charge in [-0.3, -0.25) is 4.79 Å². The van der Waals surface area contributed by atoms with Crippen LogP contribution < -0.4 is 5.73 Å². The van der Waals surface area contributed by atoms with Gasteiger partial charge in [-0.05, 0) is 38.1 Å². The van der Waals surface area contributed by atoms with Crippen LogP contribution in [0.15, 0.2) is 30.3 Å². The predicted molar refractivity (Wildman–Crippen MR) is 73.2 cm³/mol. The van der Waals surface area contributed by atoms with Crippen molar-refractivity contribution in [1.29, 1.82) is 0 Å². The number of nitrogens with two attached hydrogens (primary N) is 1. The zero-order chi connectivity index (χ0) is 23.6. The normalized spacial score (nSPS) is 39.5. The number of benzene rings is 1. The lowest BCUT2D eigenvalue weighted by atomic mass is 9.91. The molecule has 0 aromatic heterocycles. The molecule has 2 atom stereocenters. The summed E-state index contributed by atoms with van der Waals surface area (Å²) in [5.41, 5.74) is 3.77. The number of amides is 1. The summed E-state index contributed by atoms with van der Waals surface area (Å²) in [6, 6.07) is 7.44. The van der Waals surface area contributed by atoms with Crippen LogP contribution in [-0.4, -0.2) is 30.3 Å². The van der Waals surface area contributed by atoms with Crippen LogP contribution in [0.4, 0.5) is 0 Å². The molecule has 18 heavy (non-hydrogen) atoms. The Morgan fingerprint density at radius 2 is 2.17 bits per heavy atom. The number of likely N-dealkylation sites (N-methyl/N-ethyl adjacent to an activating group) is 1. The van der Waals surface area contributed by atoms with E-state index in [-0.39, 0.29) is 12.0 Å². The lowest BCUT2D eigenvalue weighted by Gasteiger charge is -2.26. The Morgan fingerprint density at radius 3 is 2.67 bits per heavy atom. The van der Waals surface area contributed by atoms with Crippen molar-refractivity contribution in [2.24, 2.45) is 11.7 Å². The van der Waals surface area contributed by atoms with Gasteiger partial charge in [-0.1, -0.05) is 30.3 Å². The SMILES string of the molecule is [2H]C([2H])(N)[C@@H]1C[C@@]1(C(=O)N(C([2H])([2H])C([2H])([2H])[2H])C([2H])([2H])C([2H])([2H])[2H])c1ccccc1. The maximum Gasteiger partial charge on any atom is 0.233 e. The first-order valence-electron chi connectivity index (χ1n) is 11.4. The molecule has 0 aliphatic heterocycles. The third-order valence-corrected chi connectivity index (χ3v) is 3.26. The zero-order valence-corrected chi connectivity index (χ0v) is 9.60. The first-order valence-corrected chi connectivity index (χ1v) is 5.41. The molecule has 0 saturated heterocycles. The van der Waals surface area contributed by atoms with E-state index >= 15 is 0 Å². The quantitative estimate of drug-likeness (QED) is 0.875. The van der Waals surface area contributed by atoms with Crippen LogP contribution in [-0.2, 0) is 10.2 Å². The van der Waals surface area contributed by atoms with Crippen molar-refractivity contribution in [3.63, 3.8) is 0 Å². The molecule has 2 rings (SSSR count). The molecule has 3 heteroatoms. The summed E-state index contributed by atoms with van der Waals surface area (Å²) in [5, 5.41) is 0. The highest BCUT2D eigenvalue weighted by Crippen LogP contribution is 2.54. The van der Waals surface area contributed by atoms with Crippen LogP contribution in [0.25, 0.3) is 0 Å². The highest BCUT2D eigenvalue weighted by molar-refractivity contribution is 5.92. The Bertz CT molecular complexity index is 773. The number of hydrogen-bond donors (Lipinski definition) is 1. The van der Waals surface area contributed by atoms with Gasteiger partial charge in [-0.15, -0.1) is 0 Å². The summed E-state index contributed by atoms with van der Waals surface area (Å²) in [5.74, 6) is -2.74. The van der Waals surface area contributed by atoms with Gasteiger partial charge in [-0.25, -0.2) is 0 Å². The molecular weight excluding hydrogens is 224 g/mol. The van der Waals surface area contributed by atoms with E-state index in [1.807, 2.05) is 0 Å². The lowest BCUT2D eigenvalue weighted by Crippen LogP contribution is -2.40. The van der Waals surface area contributed by atoms with Crippen molar-refractivity contribution in [2.45, 2.75) is 25.5 Å². The third-order valence-electron chi connectivity index (χ3n) is 3.26. The molecule has 1 aliphatic rings. The molecule has 1 amide bonds. The number of nitrogens with zero attached hydrogens (tertiary/aromatic N) is 1. The summed E-state index contributed by atoms with van der Waals surface area (Å²) in [7, 11) is 0. The Hall–Kier alpha value is -1.35. The van der Waals surface area contributed by atoms with Gasteiger partial charge in [-0.2, -0.15) is 0 Å². The van der Waals surface area contributed by atoms with Crippen LogP contribution in [0, 0.1) is 5.92 Å². The number of carbonyl (C=O) groups excluding carboxylic acids is 1. The topological polar surface area (TPSA) is 46.3 Å². The van der Waals surface area contributed by atoms with E-state index in [9.17, 15) is 4.79 Å². The minimum atomic E-state index is -3.71. The fourth-order valence-electron chi connectivity index (χ4n) is 2.21. The number of rotatable bonds is 5. The minimum absolute atomic E-state index is 0.155. The molecule has 3 nitrogen and oxygen atoms in total. The zero-order valence-electron chi connectivity index (χ0n) is 21.6. The average Bonchev–Trinajstić information content (AvgIpc) is 3.30. The summed E-state index contributed by atoms with van der Waals surface area (Å²) >= 11 is 0. The second-order valence-corrected chi connectivity index (χ2v) is 4.12. The molecule has 1 fully saturated rings. The number of hydrogen-bond acceptors (Lipinski definition) is 2. The molecule has 1 aromatic carbocycles. The molecule has 1 saturated carbocycles. The highest BCUT2D eigenvalue weighted by atomic mass is 16.2. The average molecular weight is 258 g/mol. The van der Waals surface area contributed by atoms with E-state index < -0.39 is 55.3 Å². The van der Waals surface area contributed by atoms with Crippen molar-refractivity contribution in [3.8, 4) is 0 Å². The van der Waals surface area contributed by atoms with Crippen molar-refractivity contribution in [2.75, 3.05) is 19.5 Å². The van der Waals surface area contributed by atoms with Crippen LogP contribution >= 0.6 is 0 Å². The Morgan fingerprint density at radius 1 is 1.50 bits per heavy atom. The van der Waals surface area contributed by atoms with Gasteiger partial charge >= 0.3 is 0 Å². The van der Waals surface area contributed by atoms with Gasteiger partial charge in [0.15, 0.2) is 0 Å². The van der Waals surface area contributed by atoms with E-state index in [2.05, 4.69) is 0 Å². The summed E-state index contributed by atoms with van der Waals surface area (Å²) in [4.78, 5) is 13.2. The fraction of sp³-hybridized carbons (Fsp3) is 0.533. The lowest BCUT2D eigenvalue weighted by molar-refractivity contribution is -0.134. The summed E-state index contributed by atoms with van der Waals surface area (Å²) in [6.07, 6.45) is -0.274. The van der Waals surface area contributed by atoms with E-state index in [4.69, 9.17) is 22.2 Å². The molecule has 0 radical (unpaired) electrons. The summed E-state index contributed by atoms with van der Waals surface area (Å²) in [6.45, 7) is -17.1. The molecule has 0 heterocycles. The van der Waals surface area contributed by atoms with Crippen LogP contribution in [0.2, 0.25) is 0 Å². The molecular formula is C15H22N2O. The fourth-order valence-corrected chi connectivity index (χ4v) is 2.21. The largest absolute Gasteiger partial charge is 0.342 e. The smallest absolute Gasteiger partial charge is 0.233 e. The first kappa shape index (κ1) is 4.64. The minimum Gasteiger partial charge on any atom is -0.342 e. The van der Waals surface area contributed by atoms with Gasteiger partial charge in [0, 0.05) is 29.4 Å². The molecule has 0 bridgehead atoms. The van der Waals surface area contributed by atoms with Crippen molar-refractivity contribution >= 4 is 5.91 Å². The monoisotopic (exact) mass is 258 g/mol. The molecule has 2 N–H and O–H groups in total. The maximum atomic E-state index is 13.6. The predicted octanol–water partition coefficient (Wildman–Crippen LogP) is 1.77. The van der Waals surface area contributed by atoms with Gasteiger partial charge in [0.2, 0.25) is 5.91 Å². The molecule has 1 aromatic rings. The molecule has 0 unspecified atom stereocenters. The van der Waals surface area contributed by atoms with Crippen molar-refractivity contribution < 1.29 is 21.2 Å². The Balaban J connectivity index is 2.76.